The Labute approximate surface area is 262 Å². The van der Waals surface area contributed by atoms with Gasteiger partial charge in [-0.25, -0.2) is 9.07 Å². The van der Waals surface area contributed by atoms with E-state index in [4.69, 9.17) is 11.6 Å². The van der Waals surface area contributed by atoms with Gasteiger partial charge in [0.25, 0.3) is 5.91 Å². The number of halogens is 5. The second kappa shape index (κ2) is 11.5. The highest BCUT2D eigenvalue weighted by molar-refractivity contribution is 6.35. The SMILES string of the molecule is CN(C)C(=O)c1cccc([C@H](Nc2cc(Cl)c3ncc(C#N)c(NCC(C)(C)C)c3c2)c2cn(C3(C(F)(F)F)CC3)nn2)c1F. The Kier molecular flexibility index (Phi) is 8.16. The van der Waals surface area contributed by atoms with Gasteiger partial charge in [0.1, 0.15) is 23.6 Å². The minimum absolute atomic E-state index is 0.00919. The topological polar surface area (TPSA) is 112 Å². The molecule has 0 aliphatic heterocycles. The summed E-state index contributed by atoms with van der Waals surface area (Å²) in [5.41, 5.74) is -1.07. The molecule has 1 fully saturated rings. The van der Waals surface area contributed by atoms with Gasteiger partial charge in [-0.05, 0) is 36.5 Å². The fraction of sp³-hybridized carbons (Fsp3) is 0.387. The second-order valence-electron chi connectivity index (χ2n) is 12.5. The highest BCUT2D eigenvalue weighted by atomic mass is 35.5. The van der Waals surface area contributed by atoms with Crippen LogP contribution >= 0.6 is 11.6 Å². The summed E-state index contributed by atoms with van der Waals surface area (Å²) in [6.45, 7) is 6.60. The largest absolute Gasteiger partial charge is 0.413 e. The summed E-state index contributed by atoms with van der Waals surface area (Å²) >= 11 is 6.66. The molecule has 236 valence electrons. The van der Waals surface area contributed by atoms with E-state index in [-0.39, 0.29) is 45.7 Å². The summed E-state index contributed by atoms with van der Waals surface area (Å²) in [6.07, 6.45) is -2.30. The van der Waals surface area contributed by atoms with Crippen LogP contribution in [0.5, 0.6) is 0 Å². The van der Waals surface area contributed by atoms with E-state index in [1.165, 1.54) is 43.4 Å². The molecule has 2 aromatic heterocycles. The number of aromatic nitrogens is 4. The van der Waals surface area contributed by atoms with Gasteiger partial charge < -0.3 is 15.5 Å². The number of nitrogens with one attached hydrogen (secondary N) is 2. The molecule has 0 bridgehead atoms. The monoisotopic (exact) mass is 642 g/mol. The van der Waals surface area contributed by atoms with E-state index in [0.29, 0.717) is 28.8 Å². The number of amides is 1. The van der Waals surface area contributed by atoms with Crippen molar-refractivity contribution < 1.29 is 22.4 Å². The van der Waals surface area contributed by atoms with Crippen molar-refractivity contribution in [3.05, 3.63) is 75.9 Å². The van der Waals surface area contributed by atoms with Crippen LogP contribution in [0.4, 0.5) is 28.9 Å². The average molecular weight is 643 g/mol. The molecule has 5 rings (SSSR count). The van der Waals surface area contributed by atoms with Crippen molar-refractivity contribution >= 4 is 39.8 Å². The minimum Gasteiger partial charge on any atom is -0.383 e. The van der Waals surface area contributed by atoms with Crippen LogP contribution in [0.1, 0.15) is 66.8 Å². The molecule has 45 heavy (non-hydrogen) atoms. The van der Waals surface area contributed by atoms with Crippen LogP contribution in [0.3, 0.4) is 0 Å². The molecule has 9 nitrogen and oxygen atoms in total. The summed E-state index contributed by atoms with van der Waals surface area (Å²) < 4.78 is 58.6. The van der Waals surface area contributed by atoms with Crippen molar-refractivity contribution in [3.8, 4) is 6.07 Å². The van der Waals surface area contributed by atoms with E-state index in [2.05, 4.69) is 32.0 Å². The van der Waals surface area contributed by atoms with E-state index >= 15 is 4.39 Å². The van der Waals surface area contributed by atoms with Gasteiger partial charge in [0.15, 0.2) is 5.54 Å². The zero-order chi connectivity index (χ0) is 32.9. The number of nitriles is 1. The molecule has 0 radical (unpaired) electrons. The van der Waals surface area contributed by atoms with Gasteiger partial charge in [0.2, 0.25) is 0 Å². The predicted molar refractivity (Wildman–Crippen MR) is 163 cm³/mol. The first kappa shape index (κ1) is 32.0. The maximum Gasteiger partial charge on any atom is 0.413 e. The summed E-state index contributed by atoms with van der Waals surface area (Å²) in [4.78, 5) is 18.3. The molecule has 2 aromatic carbocycles. The third-order valence-electron chi connectivity index (χ3n) is 7.62. The van der Waals surface area contributed by atoms with Crippen LogP contribution < -0.4 is 10.6 Å². The number of nitrogens with zero attached hydrogens (tertiary/aromatic N) is 6. The van der Waals surface area contributed by atoms with Crippen molar-refractivity contribution in [3.63, 3.8) is 0 Å². The molecule has 1 saturated carbocycles. The molecule has 2 heterocycles. The third-order valence-corrected chi connectivity index (χ3v) is 7.91. The van der Waals surface area contributed by atoms with Crippen molar-refractivity contribution in [2.45, 2.75) is 51.4 Å². The van der Waals surface area contributed by atoms with Crippen LogP contribution in [0, 0.1) is 22.6 Å². The summed E-state index contributed by atoms with van der Waals surface area (Å²) in [5.74, 6) is -1.46. The number of fused-ring (bicyclic) bond motifs is 1. The smallest absolute Gasteiger partial charge is 0.383 e. The Morgan fingerprint density at radius 1 is 1.22 bits per heavy atom. The van der Waals surface area contributed by atoms with Crippen molar-refractivity contribution in [1.29, 1.82) is 5.26 Å². The van der Waals surface area contributed by atoms with E-state index in [1.807, 2.05) is 20.8 Å². The Balaban J connectivity index is 1.65. The van der Waals surface area contributed by atoms with Gasteiger partial charge in [-0.15, -0.1) is 5.10 Å². The first-order valence-electron chi connectivity index (χ1n) is 14.1. The van der Waals surface area contributed by atoms with Gasteiger partial charge in [-0.3, -0.25) is 9.78 Å². The lowest BCUT2D eigenvalue weighted by atomic mass is 9.96. The van der Waals surface area contributed by atoms with Crippen LogP contribution in [0.15, 0.2) is 42.7 Å². The molecule has 14 heteroatoms. The first-order valence-corrected chi connectivity index (χ1v) is 14.5. The van der Waals surface area contributed by atoms with Crippen molar-refractivity contribution in [2.75, 3.05) is 31.3 Å². The molecule has 1 atom stereocenters. The maximum atomic E-state index is 16.1. The van der Waals surface area contributed by atoms with Crippen LogP contribution in [-0.2, 0) is 5.54 Å². The molecule has 0 unspecified atom stereocenters. The number of carbonyl (C=O) groups excluding carboxylic acids is 1. The fourth-order valence-corrected chi connectivity index (χ4v) is 5.28. The van der Waals surface area contributed by atoms with E-state index < -0.39 is 29.5 Å². The summed E-state index contributed by atoms with van der Waals surface area (Å²) in [7, 11) is 2.96. The number of hydrogen-bond donors (Lipinski definition) is 2. The van der Waals surface area contributed by atoms with Gasteiger partial charge in [0.05, 0.1) is 33.6 Å². The molecule has 0 saturated heterocycles. The molecular weight excluding hydrogens is 612 g/mol. The van der Waals surface area contributed by atoms with Crippen molar-refractivity contribution in [1.82, 2.24) is 24.9 Å². The molecule has 4 aromatic rings. The van der Waals surface area contributed by atoms with Gasteiger partial charge >= 0.3 is 6.18 Å². The quantitative estimate of drug-likeness (QED) is 0.201. The zero-order valence-corrected chi connectivity index (χ0v) is 26.0. The zero-order valence-electron chi connectivity index (χ0n) is 25.2. The molecule has 1 aliphatic rings. The lowest BCUT2D eigenvalue weighted by Gasteiger charge is -2.23. The molecule has 1 amide bonds. The average Bonchev–Trinajstić information content (AvgIpc) is 3.65. The fourth-order valence-electron chi connectivity index (χ4n) is 5.01. The maximum absolute atomic E-state index is 16.1. The van der Waals surface area contributed by atoms with Gasteiger partial charge in [-0.1, -0.05) is 49.7 Å². The third kappa shape index (κ3) is 6.11. The van der Waals surface area contributed by atoms with Crippen LogP contribution in [0.25, 0.3) is 10.9 Å². The summed E-state index contributed by atoms with van der Waals surface area (Å²) in [5, 5.41) is 24.8. The highest BCUT2D eigenvalue weighted by Crippen LogP contribution is 2.55. The Morgan fingerprint density at radius 3 is 2.53 bits per heavy atom. The minimum atomic E-state index is -4.56. The standard InChI is InChI=1S/C31H31ClF4N8O/c1-29(2,3)16-39-25-17(13-37)14-38-26-21(25)11-18(12-22(26)32)40-27(19-7-6-8-20(24(19)33)28(45)43(4)5)23-15-44(42-41-23)30(9-10-30)31(34,35)36/h6-8,11-12,14-15,27,40H,9-10,16H2,1-5H3,(H,38,39)/t27-/m0/s1. The first-order chi connectivity index (χ1) is 21.1. The van der Waals surface area contributed by atoms with Crippen molar-refractivity contribution in [2.24, 2.45) is 5.41 Å². The highest BCUT2D eigenvalue weighted by Gasteiger charge is 2.66. The normalized spacial score (nSPS) is 15.0. The van der Waals surface area contributed by atoms with E-state index in [0.717, 1.165) is 10.9 Å². The summed E-state index contributed by atoms with van der Waals surface area (Å²) in [6, 6.07) is 8.39. The molecule has 0 spiro atoms. The predicted octanol–water partition coefficient (Wildman–Crippen LogP) is 6.90. The lowest BCUT2D eigenvalue weighted by molar-refractivity contribution is -0.182. The second-order valence-corrected chi connectivity index (χ2v) is 12.9. The Morgan fingerprint density at radius 2 is 1.93 bits per heavy atom. The van der Waals surface area contributed by atoms with Gasteiger partial charge in [0, 0.05) is 43.5 Å². The Bertz CT molecular complexity index is 1820. The number of rotatable bonds is 8. The van der Waals surface area contributed by atoms with E-state index in [1.54, 1.807) is 12.1 Å². The van der Waals surface area contributed by atoms with Gasteiger partial charge in [-0.2, -0.15) is 18.4 Å². The number of carbonyl (C=O) groups is 1. The molecular formula is C31H31ClF4N8O. The number of hydrogen-bond acceptors (Lipinski definition) is 7. The molecule has 1 aliphatic carbocycles. The van der Waals surface area contributed by atoms with E-state index in [9.17, 15) is 23.2 Å². The van der Waals surface area contributed by atoms with Crippen LogP contribution in [0.2, 0.25) is 5.02 Å². The number of benzene rings is 2. The number of pyridine rings is 1. The number of alkyl halides is 3. The molecule has 2 N–H and O–H groups in total. The Hall–Kier alpha value is -4.44. The number of anilines is 2. The lowest BCUT2D eigenvalue weighted by Crippen LogP contribution is -2.35. The van der Waals surface area contributed by atoms with Crippen LogP contribution in [-0.4, -0.2) is 57.6 Å².